The number of allylic oxidation sites excluding steroid dienone is 2. The highest BCUT2D eigenvalue weighted by Crippen LogP contribution is 2.35. The van der Waals surface area contributed by atoms with Crippen LogP contribution in [-0.4, -0.2) is 34.1 Å². The van der Waals surface area contributed by atoms with Crippen molar-refractivity contribution in [1.29, 1.82) is 0 Å². The fourth-order valence-corrected chi connectivity index (χ4v) is 3.63. The summed E-state index contributed by atoms with van der Waals surface area (Å²) < 4.78 is 0. The number of halogens is 1. The quantitative estimate of drug-likeness (QED) is 0.347. The van der Waals surface area contributed by atoms with E-state index in [1.807, 2.05) is 12.2 Å². The van der Waals surface area contributed by atoms with E-state index in [1.165, 1.54) is 23.1 Å². The summed E-state index contributed by atoms with van der Waals surface area (Å²) in [5.74, 6) is -1.23. The number of hydrogen-bond acceptors (Lipinski definition) is 5. The lowest BCUT2D eigenvalue weighted by atomic mass is 9.85. The van der Waals surface area contributed by atoms with Crippen LogP contribution in [0.2, 0.25) is 5.02 Å². The van der Waals surface area contributed by atoms with Crippen molar-refractivity contribution in [2.75, 3.05) is 11.9 Å². The first-order chi connectivity index (χ1) is 12.9. The topological polar surface area (TPSA) is 110 Å². The molecule has 1 aromatic carbocycles. The Morgan fingerprint density at radius 1 is 1.22 bits per heavy atom. The number of carbonyl (C=O) groups excluding carboxylic acids is 3. The van der Waals surface area contributed by atoms with E-state index in [0.717, 1.165) is 0 Å². The molecular weight excluding hydrogens is 374 g/mol. The van der Waals surface area contributed by atoms with Gasteiger partial charge >= 0.3 is 0 Å². The molecule has 0 spiro atoms. The number of rotatable bonds is 6. The summed E-state index contributed by atoms with van der Waals surface area (Å²) >= 11 is 5.74. The number of nitro groups is 1. The van der Waals surface area contributed by atoms with Gasteiger partial charge in [0.2, 0.25) is 17.7 Å². The summed E-state index contributed by atoms with van der Waals surface area (Å²) in [5, 5.41) is 13.4. The monoisotopic (exact) mass is 391 g/mol. The minimum Gasteiger partial charge on any atom is -0.326 e. The Balaban J connectivity index is 1.52. The number of imide groups is 1. The molecule has 1 heterocycles. The van der Waals surface area contributed by atoms with Gasteiger partial charge in [0.1, 0.15) is 5.02 Å². The van der Waals surface area contributed by atoms with Gasteiger partial charge in [-0.2, -0.15) is 0 Å². The van der Waals surface area contributed by atoms with Gasteiger partial charge in [0, 0.05) is 24.7 Å². The highest BCUT2D eigenvalue weighted by molar-refractivity contribution is 6.32. The third-order valence-corrected chi connectivity index (χ3v) is 5.13. The summed E-state index contributed by atoms with van der Waals surface area (Å²) in [6.07, 6.45) is 5.43. The van der Waals surface area contributed by atoms with Crippen LogP contribution in [0.3, 0.4) is 0 Å². The largest absolute Gasteiger partial charge is 0.326 e. The van der Waals surface area contributed by atoms with E-state index in [4.69, 9.17) is 11.6 Å². The Bertz CT molecular complexity index is 812. The predicted octanol–water partition coefficient (Wildman–Crippen LogP) is 2.92. The van der Waals surface area contributed by atoms with Crippen molar-refractivity contribution in [3.05, 3.63) is 45.5 Å². The SMILES string of the molecule is O=C(CCCN1C(=O)[C@@H]2CC=CC[C@H]2C1=O)Nc1ccc(Cl)c([N+](=O)[O-])c1. The number of anilines is 1. The number of nitrogens with zero attached hydrogens (tertiary/aromatic N) is 2. The molecule has 8 nitrogen and oxygen atoms in total. The van der Waals surface area contributed by atoms with Crippen molar-refractivity contribution in [2.24, 2.45) is 11.8 Å². The molecule has 142 valence electrons. The number of carbonyl (C=O) groups is 3. The molecule has 1 aliphatic carbocycles. The van der Waals surface area contributed by atoms with Crippen molar-refractivity contribution < 1.29 is 19.3 Å². The molecule has 9 heteroatoms. The smallest absolute Gasteiger partial charge is 0.289 e. The highest BCUT2D eigenvalue weighted by Gasteiger charge is 2.46. The molecule has 0 unspecified atom stereocenters. The van der Waals surface area contributed by atoms with E-state index in [-0.39, 0.29) is 58.9 Å². The minimum atomic E-state index is -0.628. The first kappa shape index (κ1) is 19.0. The number of hydrogen-bond donors (Lipinski definition) is 1. The van der Waals surface area contributed by atoms with Crippen LogP contribution < -0.4 is 5.32 Å². The maximum absolute atomic E-state index is 12.3. The lowest BCUT2D eigenvalue weighted by molar-refractivity contribution is -0.384. The van der Waals surface area contributed by atoms with Crippen LogP contribution in [0.4, 0.5) is 11.4 Å². The summed E-state index contributed by atoms with van der Waals surface area (Å²) in [6.45, 7) is 0.193. The van der Waals surface area contributed by atoms with E-state index >= 15 is 0 Å². The molecule has 1 aromatic rings. The number of nitro benzene ring substituents is 1. The van der Waals surface area contributed by atoms with E-state index in [0.29, 0.717) is 19.3 Å². The Kier molecular flexibility index (Phi) is 5.55. The Morgan fingerprint density at radius 2 is 1.85 bits per heavy atom. The molecule has 1 aliphatic heterocycles. The fraction of sp³-hybridized carbons (Fsp3) is 0.389. The standard InChI is InChI=1S/C18H18ClN3O5/c19-14-8-7-11(10-15(14)22(26)27)20-16(23)6-3-9-21-17(24)12-4-1-2-5-13(12)18(21)25/h1-2,7-8,10,12-13H,3-6,9H2,(H,20,23)/t12-,13-/m1/s1. The van der Waals surface area contributed by atoms with Crippen LogP contribution >= 0.6 is 11.6 Å². The summed E-state index contributed by atoms with van der Waals surface area (Å²) in [4.78, 5) is 48.2. The van der Waals surface area contributed by atoms with E-state index in [1.54, 1.807) is 0 Å². The van der Waals surface area contributed by atoms with Crippen LogP contribution in [0.5, 0.6) is 0 Å². The average Bonchev–Trinajstić information content (AvgIpc) is 2.88. The summed E-state index contributed by atoms with van der Waals surface area (Å²) in [7, 11) is 0. The molecule has 3 amide bonds. The van der Waals surface area contributed by atoms with Gasteiger partial charge in [0.25, 0.3) is 5.69 Å². The van der Waals surface area contributed by atoms with Crippen molar-refractivity contribution in [2.45, 2.75) is 25.7 Å². The molecule has 0 aromatic heterocycles. The number of fused-ring (bicyclic) bond motifs is 1. The molecule has 27 heavy (non-hydrogen) atoms. The molecule has 0 saturated carbocycles. The predicted molar refractivity (Wildman–Crippen MR) is 98.0 cm³/mol. The zero-order valence-electron chi connectivity index (χ0n) is 14.4. The zero-order valence-corrected chi connectivity index (χ0v) is 15.1. The summed E-state index contributed by atoms with van der Waals surface area (Å²) in [5.41, 5.74) is -0.0274. The number of benzene rings is 1. The molecule has 1 fully saturated rings. The van der Waals surface area contributed by atoms with Gasteiger partial charge in [0.05, 0.1) is 16.8 Å². The van der Waals surface area contributed by atoms with Gasteiger partial charge in [-0.1, -0.05) is 23.8 Å². The average molecular weight is 392 g/mol. The number of nitrogens with one attached hydrogen (secondary N) is 1. The van der Waals surface area contributed by atoms with Crippen LogP contribution in [0.15, 0.2) is 30.4 Å². The van der Waals surface area contributed by atoms with E-state index in [2.05, 4.69) is 5.32 Å². The Morgan fingerprint density at radius 3 is 2.44 bits per heavy atom. The highest BCUT2D eigenvalue weighted by atomic mass is 35.5. The van der Waals surface area contributed by atoms with Crippen molar-refractivity contribution in [1.82, 2.24) is 4.90 Å². The molecule has 0 bridgehead atoms. The second-order valence-corrected chi connectivity index (χ2v) is 6.97. The summed E-state index contributed by atoms with van der Waals surface area (Å²) in [6, 6.07) is 4.00. The molecule has 1 N–H and O–H groups in total. The first-order valence-electron chi connectivity index (χ1n) is 8.62. The van der Waals surface area contributed by atoms with Crippen LogP contribution in [0.25, 0.3) is 0 Å². The van der Waals surface area contributed by atoms with Gasteiger partial charge < -0.3 is 5.32 Å². The van der Waals surface area contributed by atoms with Gasteiger partial charge in [-0.05, 0) is 31.4 Å². The zero-order chi connectivity index (χ0) is 19.6. The maximum Gasteiger partial charge on any atom is 0.289 e. The Hall–Kier alpha value is -2.74. The fourth-order valence-electron chi connectivity index (χ4n) is 3.44. The molecular formula is C18H18ClN3O5. The van der Waals surface area contributed by atoms with Crippen LogP contribution in [-0.2, 0) is 14.4 Å². The maximum atomic E-state index is 12.3. The lowest BCUT2D eigenvalue weighted by Crippen LogP contribution is -2.32. The van der Waals surface area contributed by atoms with Crippen molar-refractivity contribution in [3.8, 4) is 0 Å². The normalized spacial score (nSPS) is 21.3. The molecule has 0 radical (unpaired) electrons. The molecule has 3 rings (SSSR count). The number of amides is 3. The van der Waals surface area contributed by atoms with E-state index < -0.39 is 4.92 Å². The van der Waals surface area contributed by atoms with E-state index in [9.17, 15) is 24.5 Å². The number of likely N-dealkylation sites (tertiary alicyclic amines) is 1. The molecule has 2 atom stereocenters. The molecule has 1 saturated heterocycles. The van der Waals surface area contributed by atoms with Crippen LogP contribution in [0.1, 0.15) is 25.7 Å². The first-order valence-corrected chi connectivity index (χ1v) is 9.00. The van der Waals surface area contributed by atoms with Gasteiger partial charge in [-0.15, -0.1) is 0 Å². The second-order valence-electron chi connectivity index (χ2n) is 6.56. The molecule has 2 aliphatic rings. The second kappa shape index (κ2) is 7.87. The van der Waals surface area contributed by atoms with Gasteiger partial charge in [-0.3, -0.25) is 29.4 Å². The lowest BCUT2D eigenvalue weighted by Gasteiger charge is -2.14. The third kappa shape index (κ3) is 4.00. The van der Waals surface area contributed by atoms with Crippen LogP contribution in [0, 0.1) is 22.0 Å². The van der Waals surface area contributed by atoms with Gasteiger partial charge in [-0.25, -0.2) is 0 Å². The van der Waals surface area contributed by atoms with Gasteiger partial charge in [0.15, 0.2) is 0 Å². The van der Waals surface area contributed by atoms with Crippen molar-refractivity contribution in [3.63, 3.8) is 0 Å². The Labute approximate surface area is 160 Å². The third-order valence-electron chi connectivity index (χ3n) is 4.81. The minimum absolute atomic E-state index is 0.0139. The van der Waals surface area contributed by atoms with Crippen molar-refractivity contribution >= 4 is 40.7 Å².